The number of carboxylic acid groups (broad SMARTS) is 1. The summed E-state index contributed by atoms with van der Waals surface area (Å²) in [5.41, 5.74) is 2.85. The van der Waals surface area contributed by atoms with Gasteiger partial charge in [0.15, 0.2) is 0 Å². The molecule has 0 radical (unpaired) electrons. The molecule has 0 N–H and O–H groups in total. The minimum Gasteiger partial charge on any atom is -0.550 e. The number of benzene rings is 5. The van der Waals surface area contributed by atoms with Crippen molar-refractivity contribution >= 4 is 16.7 Å². The molecule has 5 aromatic rings. The van der Waals surface area contributed by atoms with Gasteiger partial charge < -0.3 is 9.90 Å². The molecular formula is C32H25O2-. The van der Waals surface area contributed by atoms with Gasteiger partial charge in [-0.1, -0.05) is 133 Å². The maximum absolute atomic E-state index is 13.0. The van der Waals surface area contributed by atoms with Crippen LogP contribution in [0.2, 0.25) is 0 Å². The van der Waals surface area contributed by atoms with Gasteiger partial charge in [0, 0.05) is 11.9 Å². The highest BCUT2D eigenvalue weighted by Crippen LogP contribution is 2.46. The highest BCUT2D eigenvalue weighted by atomic mass is 16.4. The van der Waals surface area contributed by atoms with Crippen molar-refractivity contribution in [1.82, 2.24) is 0 Å². The molecule has 2 heteroatoms. The highest BCUT2D eigenvalue weighted by Gasteiger charge is 2.44. The Balaban J connectivity index is 1.77. The molecule has 0 aliphatic carbocycles. The fourth-order valence-corrected chi connectivity index (χ4v) is 5.22. The van der Waals surface area contributed by atoms with Crippen LogP contribution in [0.25, 0.3) is 10.8 Å². The number of hydrogen-bond acceptors (Lipinski definition) is 2. The molecule has 0 aliphatic heterocycles. The average Bonchev–Trinajstić information content (AvgIpc) is 2.90. The van der Waals surface area contributed by atoms with E-state index in [-0.39, 0.29) is 0 Å². The van der Waals surface area contributed by atoms with Gasteiger partial charge in [-0.2, -0.15) is 0 Å². The fraction of sp³-hybridized carbons (Fsp3) is 0.0938. The van der Waals surface area contributed by atoms with Crippen molar-refractivity contribution in [2.24, 2.45) is 5.92 Å². The summed E-state index contributed by atoms with van der Waals surface area (Å²) >= 11 is 0. The van der Waals surface area contributed by atoms with Crippen LogP contribution >= 0.6 is 0 Å². The Morgan fingerprint density at radius 1 is 0.588 bits per heavy atom. The van der Waals surface area contributed by atoms with Crippen LogP contribution in [0, 0.1) is 5.92 Å². The van der Waals surface area contributed by atoms with E-state index in [9.17, 15) is 9.90 Å². The van der Waals surface area contributed by atoms with Gasteiger partial charge in [0.25, 0.3) is 0 Å². The molecule has 0 spiro atoms. The van der Waals surface area contributed by atoms with Crippen molar-refractivity contribution < 1.29 is 9.90 Å². The topological polar surface area (TPSA) is 40.1 Å². The van der Waals surface area contributed by atoms with Gasteiger partial charge in [-0.25, -0.2) is 0 Å². The van der Waals surface area contributed by atoms with Crippen molar-refractivity contribution in [3.63, 3.8) is 0 Å². The molecule has 1 atom stereocenters. The average molecular weight is 442 g/mol. The van der Waals surface area contributed by atoms with Crippen molar-refractivity contribution in [3.8, 4) is 0 Å². The molecule has 0 fully saturated rings. The lowest BCUT2D eigenvalue weighted by molar-refractivity contribution is -0.313. The minimum atomic E-state index is -1.07. The van der Waals surface area contributed by atoms with Crippen molar-refractivity contribution in [3.05, 3.63) is 156 Å². The molecule has 166 valence electrons. The monoisotopic (exact) mass is 441 g/mol. The third-order valence-electron chi connectivity index (χ3n) is 6.75. The van der Waals surface area contributed by atoms with Crippen LogP contribution in [0.1, 0.15) is 22.3 Å². The zero-order chi connectivity index (χ0) is 23.4. The van der Waals surface area contributed by atoms with E-state index in [0.29, 0.717) is 6.42 Å². The normalized spacial score (nSPS) is 12.4. The van der Waals surface area contributed by atoms with Crippen LogP contribution in [0.4, 0.5) is 0 Å². The molecule has 1 unspecified atom stereocenters. The van der Waals surface area contributed by atoms with E-state index in [1.165, 1.54) is 0 Å². The van der Waals surface area contributed by atoms with Gasteiger partial charge in [-0.05, 0) is 39.4 Å². The first-order chi connectivity index (χ1) is 16.7. The van der Waals surface area contributed by atoms with E-state index in [1.54, 1.807) is 0 Å². The standard InChI is InChI=1S/C32H26O2/c33-31(34)30(23-24-20-21-25-12-10-11-13-26(25)22-24)32(27-14-4-1-5-15-27,28-16-6-2-7-17-28)29-18-8-3-9-19-29/h1-22,30H,23H2,(H,33,34)/p-1. The lowest BCUT2D eigenvalue weighted by Gasteiger charge is -2.43. The summed E-state index contributed by atoms with van der Waals surface area (Å²) in [5, 5.41) is 15.3. The number of carbonyl (C=O) groups excluding carboxylic acids is 1. The quantitative estimate of drug-likeness (QED) is 0.300. The molecule has 0 bridgehead atoms. The fourth-order valence-electron chi connectivity index (χ4n) is 5.22. The molecular weight excluding hydrogens is 416 g/mol. The second kappa shape index (κ2) is 9.36. The Kier molecular flexibility index (Phi) is 5.97. The maximum atomic E-state index is 13.0. The number of aliphatic carboxylic acids is 1. The first-order valence-electron chi connectivity index (χ1n) is 11.5. The Labute approximate surface area is 200 Å². The zero-order valence-corrected chi connectivity index (χ0v) is 18.8. The number of hydrogen-bond donors (Lipinski definition) is 0. The summed E-state index contributed by atoms with van der Waals surface area (Å²) in [7, 11) is 0. The van der Waals surface area contributed by atoms with Crippen LogP contribution in [-0.4, -0.2) is 5.97 Å². The second-order valence-electron chi connectivity index (χ2n) is 8.66. The minimum absolute atomic E-state index is 0.339. The maximum Gasteiger partial charge on any atom is 0.0534 e. The Morgan fingerprint density at radius 2 is 1.03 bits per heavy atom. The Bertz CT molecular complexity index is 1300. The van der Waals surface area contributed by atoms with Gasteiger partial charge in [0.05, 0.1) is 5.41 Å². The summed E-state index contributed by atoms with van der Waals surface area (Å²) in [6, 6.07) is 44.2. The van der Waals surface area contributed by atoms with Crippen LogP contribution in [-0.2, 0) is 16.6 Å². The van der Waals surface area contributed by atoms with Crippen molar-refractivity contribution in [2.45, 2.75) is 11.8 Å². The number of fused-ring (bicyclic) bond motifs is 1. The van der Waals surface area contributed by atoms with Gasteiger partial charge in [0.2, 0.25) is 0 Å². The van der Waals surface area contributed by atoms with E-state index in [4.69, 9.17) is 0 Å². The lowest BCUT2D eigenvalue weighted by Crippen LogP contribution is -2.48. The summed E-state index contributed by atoms with van der Waals surface area (Å²) < 4.78 is 0. The van der Waals surface area contributed by atoms with Crippen molar-refractivity contribution in [1.29, 1.82) is 0 Å². The van der Waals surface area contributed by atoms with E-state index in [1.807, 2.05) is 109 Å². The molecule has 0 saturated heterocycles. The molecule has 34 heavy (non-hydrogen) atoms. The first kappa shape index (κ1) is 21.7. The second-order valence-corrected chi connectivity index (χ2v) is 8.66. The number of rotatable bonds is 7. The summed E-state index contributed by atoms with van der Waals surface area (Å²) in [6.07, 6.45) is 0.339. The molecule has 5 aromatic carbocycles. The lowest BCUT2D eigenvalue weighted by atomic mass is 9.60. The van der Waals surface area contributed by atoms with Crippen LogP contribution in [0.5, 0.6) is 0 Å². The van der Waals surface area contributed by atoms with Crippen LogP contribution in [0.3, 0.4) is 0 Å². The van der Waals surface area contributed by atoms with Gasteiger partial charge >= 0.3 is 0 Å². The summed E-state index contributed by atoms with van der Waals surface area (Å²) in [6.45, 7) is 0. The molecule has 0 aromatic heterocycles. The molecule has 0 saturated carbocycles. The summed E-state index contributed by atoms with van der Waals surface area (Å²) in [5.74, 6) is -1.90. The zero-order valence-electron chi connectivity index (χ0n) is 18.8. The first-order valence-corrected chi connectivity index (χ1v) is 11.5. The number of carboxylic acids is 1. The van der Waals surface area contributed by atoms with Gasteiger partial charge in [0.1, 0.15) is 0 Å². The van der Waals surface area contributed by atoms with Crippen LogP contribution < -0.4 is 5.11 Å². The largest absolute Gasteiger partial charge is 0.550 e. The molecule has 0 heterocycles. The molecule has 0 aliphatic rings. The third kappa shape index (κ3) is 3.88. The SMILES string of the molecule is O=C([O-])C(Cc1ccc2ccccc2c1)C(c1ccccc1)(c1ccccc1)c1ccccc1. The van der Waals surface area contributed by atoms with Gasteiger partial charge in [-0.3, -0.25) is 0 Å². The van der Waals surface area contributed by atoms with Gasteiger partial charge in [-0.15, -0.1) is 0 Å². The molecule has 2 nitrogen and oxygen atoms in total. The van der Waals surface area contributed by atoms with E-state index in [2.05, 4.69) is 24.3 Å². The molecule has 5 rings (SSSR count). The highest BCUT2D eigenvalue weighted by molar-refractivity contribution is 5.83. The predicted molar refractivity (Wildman–Crippen MR) is 135 cm³/mol. The van der Waals surface area contributed by atoms with E-state index in [0.717, 1.165) is 33.0 Å². The summed E-state index contributed by atoms with van der Waals surface area (Å²) in [4.78, 5) is 13.0. The van der Waals surface area contributed by atoms with Crippen LogP contribution in [0.15, 0.2) is 133 Å². The Morgan fingerprint density at radius 3 is 1.50 bits per heavy atom. The Hall–Kier alpha value is -4.17. The number of carbonyl (C=O) groups is 1. The predicted octanol–water partition coefficient (Wildman–Crippen LogP) is 5.78. The molecule has 0 amide bonds. The van der Waals surface area contributed by atoms with Crippen molar-refractivity contribution in [2.75, 3.05) is 0 Å². The van der Waals surface area contributed by atoms with E-state index < -0.39 is 17.3 Å². The smallest absolute Gasteiger partial charge is 0.0534 e. The third-order valence-corrected chi connectivity index (χ3v) is 6.75. The van der Waals surface area contributed by atoms with E-state index >= 15 is 0 Å².